The summed E-state index contributed by atoms with van der Waals surface area (Å²) in [5.41, 5.74) is 0.492. The number of amides is 2. The smallest absolute Gasteiger partial charge is 0.257 e. The average Bonchev–Trinajstić information content (AvgIpc) is 2.29. The van der Waals surface area contributed by atoms with Gasteiger partial charge in [-0.25, -0.2) is 4.90 Å². The van der Waals surface area contributed by atoms with Crippen LogP contribution in [0.15, 0.2) is 34.3 Å². The van der Waals surface area contributed by atoms with Gasteiger partial charge in [0, 0.05) is 6.08 Å². The summed E-state index contributed by atoms with van der Waals surface area (Å²) in [6.45, 7) is -0.0621. The Labute approximate surface area is 68.1 Å². The Hall–Kier alpha value is -1.78. The molecule has 2 rings (SSSR count). The van der Waals surface area contributed by atoms with Crippen LogP contribution in [0.2, 0.25) is 0 Å². The van der Waals surface area contributed by atoms with E-state index in [2.05, 4.69) is 10.2 Å². The highest BCUT2D eigenvalue weighted by Gasteiger charge is 2.27. The Bertz CT molecular complexity index is 341. The van der Waals surface area contributed by atoms with Crippen molar-refractivity contribution in [2.24, 2.45) is 10.2 Å². The minimum atomic E-state index is -0.336. The van der Waals surface area contributed by atoms with Crippen molar-refractivity contribution in [2.75, 3.05) is 6.54 Å². The topological polar surface area (TPSA) is 62.1 Å². The van der Waals surface area contributed by atoms with E-state index >= 15 is 0 Å². The molecule has 0 N–H and O–H groups in total. The van der Waals surface area contributed by atoms with Crippen molar-refractivity contribution in [1.29, 1.82) is 0 Å². The zero-order valence-corrected chi connectivity index (χ0v) is 6.10. The summed E-state index contributed by atoms with van der Waals surface area (Å²) in [4.78, 5) is 23.3. The number of carbonyl (C=O) groups is 2. The number of allylic oxidation sites excluding steroid dienone is 1. The number of imide groups is 1. The van der Waals surface area contributed by atoms with E-state index in [0.29, 0.717) is 5.70 Å². The summed E-state index contributed by atoms with van der Waals surface area (Å²) in [6.07, 6.45) is 4.28. The summed E-state index contributed by atoms with van der Waals surface area (Å²) in [5.74, 6) is -0.656. The summed E-state index contributed by atoms with van der Waals surface area (Å²) >= 11 is 0. The van der Waals surface area contributed by atoms with Gasteiger partial charge in [-0.1, -0.05) is 0 Å². The Morgan fingerprint density at radius 1 is 1.33 bits per heavy atom. The van der Waals surface area contributed by atoms with Gasteiger partial charge in [0.15, 0.2) is 0 Å². The van der Waals surface area contributed by atoms with Crippen LogP contribution in [0.25, 0.3) is 0 Å². The van der Waals surface area contributed by atoms with Gasteiger partial charge in [0.05, 0.1) is 11.9 Å². The minimum absolute atomic E-state index is 0.0621. The summed E-state index contributed by atoms with van der Waals surface area (Å²) < 4.78 is 0. The van der Waals surface area contributed by atoms with E-state index in [1.54, 1.807) is 6.08 Å². The zero-order chi connectivity index (χ0) is 8.55. The molecule has 0 aromatic carbocycles. The van der Waals surface area contributed by atoms with Gasteiger partial charge in [0.25, 0.3) is 11.8 Å². The monoisotopic (exact) mass is 163 g/mol. The number of rotatable bonds is 0. The standard InChI is InChI=1S/C7H5N3O2/c11-6-2-1-5-3-8-9-4-7(12)10(5)6/h1-3H,4H2. The van der Waals surface area contributed by atoms with E-state index in [4.69, 9.17) is 0 Å². The predicted octanol–water partition coefficient (Wildman–Crippen LogP) is 0.219. The van der Waals surface area contributed by atoms with Crippen LogP contribution in [0.4, 0.5) is 0 Å². The van der Waals surface area contributed by atoms with Gasteiger partial charge in [-0.3, -0.25) is 9.59 Å². The minimum Gasteiger partial charge on any atom is -0.272 e. The fourth-order valence-corrected chi connectivity index (χ4v) is 1.07. The molecule has 5 heteroatoms. The highest BCUT2D eigenvalue weighted by atomic mass is 16.2. The molecule has 0 atom stereocenters. The van der Waals surface area contributed by atoms with Crippen LogP contribution >= 0.6 is 0 Å². The summed E-state index contributed by atoms with van der Waals surface area (Å²) in [7, 11) is 0. The van der Waals surface area contributed by atoms with Gasteiger partial charge in [-0.15, -0.1) is 0 Å². The van der Waals surface area contributed by atoms with Gasteiger partial charge >= 0.3 is 0 Å². The molecule has 0 aromatic heterocycles. The Morgan fingerprint density at radius 3 is 3.00 bits per heavy atom. The normalized spacial score (nSPS) is 21.0. The van der Waals surface area contributed by atoms with Crippen molar-refractivity contribution < 1.29 is 9.59 Å². The van der Waals surface area contributed by atoms with Crippen molar-refractivity contribution in [2.45, 2.75) is 0 Å². The van der Waals surface area contributed by atoms with Crippen LogP contribution in [-0.4, -0.2) is 23.3 Å². The number of fused-ring (bicyclic) bond motifs is 1. The molecule has 2 heterocycles. The van der Waals surface area contributed by atoms with Crippen molar-refractivity contribution >= 4 is 11.8 Å². The molecule has 2 aliphatic rings. The second-order valence-corrected chi connectivity index (χ2v) is 2.37. The first-order valence-electron chi connectivity index (χ1n) is 3.41. The first kappa shape index (κ1) is 6.90. The number of hydrogen-bond acceptors (Lipinski definition) is 4. The van der Waals surface area contributed by atoms with Crippen LogP contribution in [0.5, 0.6) is 0 Å². The largest absolute Gasteiger partial charge is 0.272 e. The molecular weight excluding hydrogens is 158 g/mol. The molecule has 0 bridgehead atoms. The molecule has 60 valence electrons. The average molecular weight is 163 g/mol. The highest BCUT2D eigenvalue weighted by Crippen LogP contribution is 2.17. The van der Waals surface area contributed by atoms with Crippen LogP contribution in [0.3, 0.4) is 0 Å². The Morgan fingerprint density at radius 2 is 2.17 bits per heavy atom. The van der Waals surface area contributed by atoms with Crippen LogP contribution in [-0.2, 0) is 9.59 Å². The fraction of sp³-hybridized carbons (Fsp3) is 0.143. The maximum absolute atomic E-state index is 11.2. The van der Waals surface area contributed by atoms with Crippen molar-refractivity contribution in [3.05, 3.63) is 24.0 Å². The highest BCUT2D eigenvalue weighted by molar-refractivity contribution is 6.06. The van der Waals surface area contributed by atoms with E-state index in [9.17, 15) is 9.59 Å². The van der Waals surface area contributed by atoms with Gasteiger partial charge in [0.1, 0.15) is 6.54 Å². The lowest BCUT2D eigenvalue weighted by atomic mass is 10.4. The van der Waals surface area contributed by atoms with Crippen molar-refractivity contribution in [3.63, 3.8) is 0 Å². The summed E-state index contributed by atoms with van der Waals surface area (Å²) in [6, 6.07) is 0. The lowest BCUT2D eigenvalue weighted by Gasteiger charge is -2.11. The number of nitrogens with zero attached hydrogens (tertiary/aromatic N) is 3. The molecule has 0 fully saturated rings. The molecule has 0 aliphatic carbocycles. The summed E-state index contributed by atoms with van der Waals surface area (Å²) in [5, 5.41) is 7.14. The van der Waals surface area contributed by atoms with E-state index < -0.39 is 0 Å². The van der Waals surface area contributed by atoms with Crippen molar-refractivity contribution in [3.8, 4) is 0 Å². The molecule has 0 radical (unpaired) electrons. The SMILES string of the molecule is O=C1C=CC2=CN=NCC(=O)N12. The maximum atomic E-state index is 11.2. The quantitative estimate of drug-likeness (QED) is 0.479. The Kier molecular flexibility index (Phi) is 1.36. The second kappa shape index (κ2) is 2.37. The molecule has 0 saturated carbocycles. The van der Waals surface area contributed by atoms with E-state index in [1.807, 2.05) is 0 Å². The second-order valence-electron chi connectivity index (χ2n) is 2.37. The number of azo groups is 1. The van der Waals surface area contributed by atoms with Gasteiger partial charge in [-0.05, 0) is 6.08 Å². The molecule has 0 aromatic rings. The van der Waals surface area contributed by atoms with Gasteiger partial charge < -0.3 is 0 Å². The number of carbonyl (C=O) groups excluding carboxylic acids is 2. The molecule has 12 heavy (non-hydrogen) atoms. The van der Waals surface area contributed by atoms with E-state index in [-0.39, 0.29) is 18.4 Å². The Balaban J connectivity index is 2.43. The van der Waals surface area contributed by atoms with E-state index in [1.165, 1.54) is 12.3 Å². The maximum Gasteiger partial charge on any atom is 0.257 e. The third kappa shape index (κ3) is 0.868. The lowest BCUT2D eigenvalue weighted by molar-refractivity contribution is -0.137. The lowest BCUT2D eigenvalue weighted by Crippen LogP contribution is -2.32. The third-order valence-corrected chi connectivity index (χ3v) is 1.60. The third-order valence-electron chi connectivity index (χ3n) is 1.60. The first-order chi connectivity index (χ1) is 5.79. The predicted molar refractivity (Wildman–Crippen MR) is 38.8 cm³/mol. The molecule has 0 saturated heterocycles. The van der Waals surface area contributed by atoms with Gasteiger partial charge in [-0.2, -0.15) is 10.2 Å². The van der Waals surface area contributed by atoms with Crippen LogP contribution in [0.1, 0.15) is 0 Å². The van der Waals surface area contributed by atoms with Crippen LogP contribution < -0.4 is 0 Å². The van der Waals surface area contributed by atoms with Gasteiger partial charge in [0.2, 0.25) is 0 Å². The molecule has 2 amide bonds. The fourth-order valence-electron chi connectivity index (χ4n) is 1.07. The molecule has 2 aliphatic heterocycles. The molecule has 0 unspecified atom stereocenters. The van der Waals surface area contributed by atoms with Crippen molar-refractivity contribution in [1.82, 2.24) is 4.90 Å². The first-order valence-corrected chi connectivity index (χ1v) is 3.41. The van der Waals surface area contributed by atoms with E-state index in [0.717, 1.165) is 4.90 Å². The number of hydrogen-bond donors (Lipinski definition) is 0. The van der Waals surface area contributed by atoms with Crippen LogP contribution in [0, 0.1) is 0 Å². The molecular formula is C7H5N3O2. The zero-order valence-electron chi connectivity index (χ0n) is 6.10. The molecule has 5 nitrogen and oxygen atoms in total. The molecule has 0 spiro atoms.